The molecule has 2 amide bonds. The molecular weight excluding hydrogens is 320 g/mol. The van der Waals surface area contributed by atoms with Gasteiger partial charge in [0, 0.05) is 12.4 Å². The zero-order valence-electron chi connectivity index (χ0n) is 13.5. The molecule has 2 N–H and O–H groups in total. The van der Waals surface area contributed by atoms with Gasteiger partial charge in [0.2, 0.25) is 0 Å². The van der Waals surface area contributed by atoms with E-state index in [-0.39, 0.29) is 12.1 Å². The molecule has 1 aliphatic rings. The Labute approximate surface area is 144 Å². The molecule has 0 radical (unpaired) electrons. The first-order valence-electron chi connectivity index (χ1n) is 8.11. The average molecular weight is 338 g/mol. The summed E-state index contributed by atoms with van der Waals surface area (Å²) in [5.41, 5.74) is 1.65. The van der Waals surface area contributed by atoms with Crippen LogP contribution in [0.25, 0.3) is 5.65 Å². The second-order valence-corrected chi connectivity index (χ2v) is 5.76. The number of hydrogen-bond acceptors (Lipinski definition) is 4. The summed E-state index contributed by atoms with van der Waals surface area (Å²) >= 11 is 0. The number of carbonyl (C=O) groups is 1. The van der Waals surface area contributed by atoms with E-state index in [9.17, 15) is 4.79 Å². The Hall–Kier alpha value is -3.22. The predicted molar refractivity (Wildman–Crippen MR) is 91.8 cm³/mol. The fourth-order valence-electron chi connectivity index (χ4n) is 2.68. The highest BCUT2D eigenvalue weighted by Gasteiger charge is 2.20. The van der Waals surface area contributed by atoms with Crippen molar-refractivity contribution >= 4 is 11.7 Å². The first-order chi connectivity index (χ1) is 12.3. The summed E-state index contributed by atoms with van der Waals surface area (Å²) in [6.07, 6.45) is 3.60. The van der Waals surface area contributed by atoms with Crippen molar-refractivity contribution in [2.75, 3.05) is 13.2 Å². The van der Waals surface area contributed by atoms with E-state index < -0.39 is 0 Å². The number of nitrogens with zero attached hydrogens (tertiary/aromatic N) is 2. The second kappa shape index (κ2) is 6.72. The summed E-state index contributed by atoms with van der Waals surface area (Å²) in [6.45, 7) is 1.13. The maximum absolute atomic E-state index is 12.0. The molecule has 3 aromatic rings. The van der Waals surface area contributed by atoms with Crippen molar-refractivity contribution in [3.63, 3.8) is 0 Å². The lowest BCUT2D eigenvalue weighted by Crippen LogP contribution is -2.44. The first kappa shape index (κ1) is 15.3. The van der Waals surface area contributed by atoms with Crippen molar-refractivity contribution in [1.82, 2.24) is 20.0 Å². The van der Waals surface area contributed by atoms with Gasteiger partial charge in [-0.15, -0.1) is 0 Å². The van der Waals surface area contributed by atoms with E-state index in [4.69, 9.17) is 9.47 Å². The molecule has 2 aromatic heterocycles. The van der Waals surface area contributed by atoms with E-state index in [2.05, 4.69) is 15.6 Å². The molecule has 0 spiro atoms. The third-order valence-corrected chi connectivity index (χ3v) is 3.90. The highest BCUT2D eigenvalue weighted by atomic mass is 16.6. The number of amides is 2. The Morgan fingerprint density at radius 3 is 2.88 bits per heavy atom. The van der Waals surface area contributed by atoms with Gasteiger partial charge in [-0.05, 0) is 24.3 Å². The van der Waals surface area contributed by atoms with Gasteiger partial charge in [-0.3, -0.25) is 0 Å². The number of benzene rings is 1. The topological polar surface area (TPSA) is 76.9 Å². The molecule has 25 heavy (non-hydrogen) atoms. The van der Waals surface area contributed by atoms with Gasteiger partial charge >= 0.3 is 6.03 Å². The first-order valence-corrected chi connectivity index (χ1v) is 8.11. The standard InChI is InChI=1S/C18H18N4O3/c23-18(19-9-13-11-22-8-4-3-7-17(22)21-13)20-10-14-12-24-15-5-1-2-6-16(15)25-14/h1-8,11,14H,9-10,12H2,(H2,19,20,23)/t14-/m1/s1. The molecule has 0 saturated carbocycles. The molecule has 0 bridgehead atoms. The quantitative estimate of drug-likeness (QED) is 0.762. The van der Waals surface area contributed by atoms with Crippen LogP contribution in [0.15, 0.2) is 54.9 Å². The van der Waals surface area contributed by atoms with Gasteiger partial charge < -0.3 is 24.5 Å². The molecule has 128 valence electrons. The van der Waals surface area contributed by atoms with Gasteiger partial charge in [0.05, 0.1) is 18.8 Å². The summed E-state index contributed by atoms with van der Waals surface area (Å²) in [7, 11) is 0. The molecule has 1 aromatic carbocycles. The van der Waals surface area contributed by atoms with E-state index in [1.165, 1.54) is 0 Å². The third kappa shape index (κ3) is 3.50. The number of urea groups is 1. The minimum atomic E-state index is -0.264. The van der Waals surface area contributed by atoms with Gasteiger partial charge in [-0.1, -0.05) is 18.2 Å². The van der Waals surface area contributed by atoms with Crippen LogP contribution in [-0.4, -0.2) is 34.7 Å². The minimum absolute atomic E-state index is 0.212. The third-order valence-electron chi connectivity index (χ3n) is 3.90. The molecular formula is C18H18N4O3. The Kier molecular flexibility index (Phi) is 4.12. The van der Waals surface area contributed by atoms with Gasteiger partial charge in [-0.2, -0.15) is 0 Å². The summed E-state index contributed by atoms with van der Waals surface area (Å²) < 4.78 is 13.3. The van der Waals surface area contributed by atoms with Crippen molar-refractivity contribution in [3.05, 3.63) is 60.6 Å². The molecule has 0 fully saturated rings. The van der Waals surface area contributed by atoms with Gasteiger partial charge in [0.1, 0.15) is 12.3 Å². The van der Waals surface area contributed by atoms with Crippen molar-refractivity contribution < 1.29 is 14.3 Å². The molecule has 3 heterocycles. The van der Waals surface area contributed by atoms with Crippen molar-refractivity contribution in [1.29, 1.82) is 0 Å². The van der Waals surface area contributed by atoms with Crippen molar-refractivity contribution in [2.45, 2.75) is 12.6 Å². The van der Waals surface area contributed by atoms with Gasteiger partial charge in [0.25, 0.3) is 0 Å². The fourth-order valence-corrected chi connectivity index (χ4v) is 2.68. The van der Waals surface area contributed by atoms with E-state index >= 15 is 0 Å². The van der Waals surface area contributed by atoms with E-state index in [0.29, 0.717) is 25.4 Å². The van der Waals surface area contributed by atoms with Crippen LogP contribution in [0, 0.1) is 0 Å². The minimum Gasteiger partial charge on any atom is -0.486 e. The van der Waals surface area contributed by atoms with Gasteiger partial charge in [-0.25, -0.2) is 9.78 Å². The molecule has 1 atom stereocenters. The summed E-state index contributed by atoms with van der Waals surface area (Å²) in [4.78, 5) is 16.4. The number of nitrogens with one attached hydrogen (secondary N) is 2. The monoisotopic (exact) mass is 338 g/mol. The lowest BCUT2D eigenvalue weighted by Gasteiger charge is -2.26. The molecule has 1 aliphatic heterocycles. The zero-order chi connectivity index (χ0) is 17.1. The number of imidazole rings is 1. The molecule has 0 saturated heterocycles. The molecule has 7 heteroatoms. The number of fused-ring (bicyclic) bond motifs is 2. The number of carbonyl (C=O) groups excluding carboxylic acids is 1. The number of ether oxygens (including phenoxy) is 2. The van der Waals surface area contributed by atoms with Crippen LogP contribution >= 0.6 is 0 Å². The maximum atomic E-state index is 12.0. The Morgan fingerprint density at radius 1 is 1.16 bits per heavy atom. The smallest absolute Gasteiger partial charge is 0.315 e. The van der Waals surface area contributed by atoms with Crippen LogP contribution in [0.2, 0.25) is 0 Å². The van der Waals surface area contributed by atoms with Crippen LogP contribution in [0.5, 0.6) is 11.5 Å². The SMILES string of the molecule is O=C(NCc1cn2ccccc2n1)NC[C@@H]1COc2ccccc2O1. The summed E-state index contributed by atoms with van der Waals surface area (Å²) in [6, 6.07) is 13.0. The van der Waals surface area contributed by atoms with Crippen LogP contribution in [0.4, 0.5) is 4.79 Å². The Balaban J connectivity index is 1.25. The number of rotatable bonds is 4. The number of hydrogen-bond donors (Lipinski definition) is 2. The molecule has 4 rings (SSSR count). The average Bonchev–Trinajstić information content (AvgIpc) is 3.07. The maximum Gasteiger partial charge on any atom is 0.315 e. The largest absolute Gasteiger partial charge is 0.486 e. The summed E-state index contributed by atoms with van der Waals surface area (Å²) in [5.74, 6) is 1.43. The van der Waals surface area contributed by atoms with Gasteiger partial charge in [0.15, 0.2) is 17.6 Å². The van der Waals surface area contributed by atoms with E-state index in [1.54, 1.807) is 0 Å². The van der Waals surface area contributed by atoms with Crippen LogP contribution in [0.3, 0.4) is 0 Å². The van der Waals surface area contributed by atoms with Crippen LogP contribution in [0.1, 0.15) is 5.69 Å². The lowest BCUT2D eigenvalue weighted by atomic mass is 10.2. The molecule has 0 unspecified atom stereocenters. The molecule has 0 aliphatic carbocycles. The van der Waals surface area contributed by atoms with Crippen molar-refractivity contribution in [2.24, 2.45) is 0 Å². The van der Waals surface area contributed by atoms with Crippen LogP contribution in [-0.2, 0) is 6.54 Å². The van der Waals surface area contributed by atoms with E-state index in [1.807, 2.05) is 59.3 Å². The van der Waals surface area contributed by atoms with Crippen molar-refractivity contribution in [3.8, 4) is 11.5 Å². The number of pyridine rings is 1. The Morgan fingerprint density at radius 2 is 2.00 bits per heavy atom. The summed E-state index contributed by atoms with van der Waals surface area (Å²) in [5, 5.41) is 5.59. The second-order valence-electron chi connectivity index (χ2n) is 5.76. The number of para-hydroxylation sites is 2. The number of aromatic nitrogens is 2. The lowest BCUT2D eigenvalue weighted by molar-refractivity contribution is 0.0918. The highest BCUT2D eigenvalue weighted by molar-refractivity contribution is 5.73. The highest BCUT2D eigenvalue weighted by Crippen LogP contribution is 2.30. The molecule has 7 nitrogen and oxygen atoms in total. The predicted octanol–water partition coefficient (Wildman–Crippen LogP) is 1.97. The van der Waals surface area contributed by atoms with Crippen LogP contribution < -0.4 is 20.1 Å². The normalized spacial score (nSPS) is 15.8. The zero-order valence-corrected chi connectivity index (χ0v) is 13.5. The fraction of sp³-hybridized carbons (Fsp3) is 0.222. The van der Waals surface area contributed by atoms with E-state index in [0.717, 1.165) is 17.1 Å². The Bertz CT molecular complexity index is 860.